The molecule has 1 unspecified atom stereocenters. The van der Waals surface area contributed by atoms with Crippen molar-refractivity contribution in [3.05, 3.63) is 0 Å². The molecule has 1 amide bonds. The van der Waals surface area contributed by atoms with Crippen LogP contribution >= 0.6 is 0 Å². The van der Waals surface area contributed by atoms with E-state index < -0.39 is 11.4 Å². The van der Waals surface area contributed by atoms with Crippen LogP contribution in [0.25, 0.3) is 0 Å². The summed E-state index contributed by atoms with van der Waals surface area (Å²) in [6.45, 7) is 4.01. The number of likely N-dealkylation sites (tertiary alicyclic amines) is 1. The first kappa shape index (κ1) is 14.0. The van der Waals surface area contributed by atoms with Gasteiger partial charge < -0.3 is 14.9 Å². The van der Waals surface area contributed by atoms with Gasteiger partial charge in [-0.05, 0) is 32.9 Å². The second-order valence-corrected chi connectivity index (χ2v) is 5.28. The molecule has 5 nitrogen and oxygen atoms in total. The van der Waals surface area contributed by atoms with Crippen molar-refractivity contribution in [1.82, 2.24) is 9.80 Å². The maximum Gasteiger partial charge on any atom is 0.310 e. The lowest BCUT2D eigenvalue weighted by molar-refractivity contribution is -0.147. The van der Waals surface area contributed by atoms with Crippen LogP contribution in [-0.4, -0.2) is 60.5 Å². The number of rotatable bonds is 5. The Morgan fingerprint density at radius 2 is 2.06 bits per heavy atom. The summed E-state index contributed by atoms with van der Waals surface area (Å²) in [7, 11) is 3.50. The van der Waals surface area contributed by atoms with Gasteiger partial charge in [-0.2, -0.15) is 0 Å². The molecule has 0 bridgehead atoms. The summed E-state index contributed by atoms with van der Waals surface area (Å²) < 4.78 is 0. The van der Waals surface area contributed by atoms with Crippen molar-refractivity contribution in [3.8, 4) is 0 Å². The van der Waals surface area contributed by atoms with Gasteiger partial charge in [0.05, 0.1) is 5.41 Å². The highest BCUT2D eigenvalue weighted by Crippen LogP contribution is 2.30. The van der Waals surface area contributed by atoms with Crippen LogP contribution in [0.2, 0.25) is 0 Å². The average molecular weight is 242 g/mol. The van der Waals surface area contributed by atoms with Crippen molar-refractivity contribution in [2.75, 3.05) is 33.7 Å². The first-order valence-corrected chi connectivity index (χ1v) is 6.01. The number of carboxylic acids is 1. The topological polar surface area (TPSA) is 60.9 Å². The number of carbonyl (C=O) groups is 2. The van der Waals surface area contributed by atoms with E-state index in [2.05, 4.69) is 4.90 Å². The van der Waals surface area contributed by atoms with Gasteiger partial charge >= 0.3 is 5.97 Å². The number of hydrogen-bond donors (Lipinski definition) is 1. The zero-order valence-corrected chi connectivity index (χ0v) is 10.9. The summed E-state index contributed by atoms with van der Waals surface area (Å²) in [5, 5.41) is 9.09. The highest BCUT2D eigenvalue weighted by molar-refractivity contribution is 5.75. The van der Waals surface area contributed by atoms with Gasteiger partial charge in [0, 0.05) is 27.1 Å². The molecule has 0 saturated carbocycles. The molecule has 1 rings (SSSR count). The fourth-order valence-corrected chi connectivity index (χ4v) is 2.10. The molecular weight excluding hydrogens is 220 g/mol. The summed E-state index contributed by atoms with van der Waals surface area (Å²) in [5.74, 6) is -0.588. The molecule has 0 aromatic rings. The van der Waals surface area contributed by atoms with Crippen molar-refractivity contribution < 1.29 is 14.7 Å². The largest absolute Gasteiger partial charge is 0.481 e. The molecule has 0 aromatic carbocycles. The second-order valence-electron chi connectivity index (χ2n) is 5.28. The standard InChI is InChI=1S/C12H22N2O3/c1-12(11(16)17)6-8-14(9-12)7-4-5-10(15)13(2)3/h4-9H2,1-3H3,(H,16,17). The van der Waals surface area contributed by atoms with E-state index in [1.165, 1.54) is 0 Å². The van der Waals surface area contributed by atoms with Gasteiger partial charge in [0.25, 0.3) is 0 Å². The molecule has 0 aliphatic carbocycles. The summed E-state index contributed by atoms with van der Waals surface area (Å²) >= 11 is 0. The normalized spacial score (nSPS) is 24.9. The van der Waals surface area contributed by atoms with E-state index in [1.54, 1.807) is 25.9 Å². The van der Waals surface area contributed by atoms with Gasteiger partial charge in [-0.1, -0.05) is 0 Å². The lowest BCUT2D eigenvalue weighted by atomic mass is 9.90. The molecule has 1 aliphatic heterocycles. The second kappa shape index (κ2) is 5.49. The molecule has 1 heterocycles. The van der Waals surface area contributed by atoms with Crippen LogP contribution < -0.4 is 0 Å². The monoisotopic (exact) mass is 242 g/mol. The van der Waals surface area contributed by atoms with Gasteiger partial charge in [-0.3, -0.25) is 9.59 Å². The van der Waals surface area contributed by atoms with Crippen molar-refractivity contribution in [2.45, 2.75) is 26.2 Å². The van der Waals surface area contributed by atoms with Crippen LogP contribution in [0.5, 0.6) is 0 Å². The maximum atomic E-state index is 11.4. The Kier molecular flexibility index (Phi) is 4.51. The number of nitrogens with zero attached hydrogens (tertiary/aromatic N) is 2. The number of carbonyl (C=O) groups excluding carboxylic acids is 1. The Hall–Kier alpha value is -1.10. The predicted molar refractivity (Wildman–Crippen MR) is 64.7 cm³/mol. The van der Waals surface area contributed by atoms with Crippen molar-refractivity contribution >= 4 is 11.9 Å². The minimum atomic E-state index is -0.718. The van der Waals surface area contributed by atoms with E-state index in [-0.39, 0.29) is 5.91 Å². The molecule has 1 N–H and O–H groups in total. The average Bonchev–Trinajstić information content (AvgIpc) is 2.61. The molecule has 0 spiro atoms. The third-order valence-corrected chi connectivity index (χ3v) is 3.43. The lowest BCUT2D eigenvalue weighted by Gasteiger charge is -2.20. The number of hydrogen-bond acceptors (Lipinski definition) is 3. The summed E-state index contributed by atoms with van der Waals surface area (Å²) in [4.78, 5) is 26.1. The first-order valence-electron chi connectivity index (χ1n) is 6.01. The summed E-state index contributed by atoms with van der Waals surface area (Å²) in [6.07, 6.45) is 2.03. The Labute approximate surface area is 102 Å². The molecule has 17 heavy (non-hydrogen) atoms. The van der Waals surface area contributed by atoms with E-state index in [1.807, 2.05) is 0 Å². The molecule has 0 aromatic heterocycles. The van der Waals surface area contributed by atoms with Gasteiger partial charge in [-0.25, -0.2) is 0 Å². The van der Waals surface area contributed by atoms with Gasteiger partial charge in [-0.15, -0.1) is 0 Å². The van der Waals surface area contributed by atoms with Crippen molar-refractivity contribution in [2.24, 2.45) is 5.41 Å². The van der Waals surface area contributed by atoms with E-state index in [0.717, 1.165) is 19.5 Å². The Morgan fingerprint density at radius 1 is 1.41 bits per heavy atom. The van der Waals surface area contributed by atoms with Gasteiger partial charge in [0.15, 0.2) is 0 Å². The van der Waals surface area contributed by atoms with Crippen molar-refractivity contribution in [3.63, 3.8) is 0 Å². The SMILES string of the molecule is CN(C)C(=O)CCCN1CCC(C)(C(=O)O)C1. The van der Waals surface area contributed by atoms with E-state index in [4.69, 9.17) is 5.11 Å². The summed E-state index contributed by atoms with van der Waals surface area (Å²) in [5.41, 5.74) is -0.606. The Bertz CT molecular complexity index is 304. The maximum absolute atomic E-state index is 11.4. The quantitative estimate of drug-likeness (QED) is 0.769. The molecule has 5 heteroatoms. The van der Waals surface area contributed by atoms with Crippen LogP contribution in [-0.2, 0) is 9.59 Å². The van der Waals surface area contributed by atoms with Crippen LogP contribution in [0.3, 0.4) is 0 Å². The summed E-state index contributed by atoms with van der Waals surface area (Å²) in [6, 6.07) is 0. The van der Waals surface area contributed by atoms with E-state index >= 15 is 0 Å². The fraction of sp³-hybridized carbons (Fsp3) is 0.833. The number of amides is 1. The highest BCUT2D eigenvalue weighted by atomic mass is 16.4. The zero-order chi connectivity index (χ0) is 13.1. The molecule has 0 radical (unpaired) electrons. The Balaban J connectivity index is 2.27. The fourth-order valence-electron chi connectivity index (χ4n) is 2.10. The van der Waals surface area contributed by atoms with E-state index in [0.29, 0.717) is 19.4 Å². The number of carboxylic acid groups (broad SMARTS) is 1. The lowest BCUT2D eigenvalue weighted by Crippen LogP contribution is -2.32. The zero-order valence-electron chi connectivity index (χ0n) is 10.9. The van der Waals surface area contributed by atoms with Crippen LogP contribution in [0.1, 0.15) is 26.2 Å². The van der Waals surface area contributed by atoms with Crippen LogP contribution in [0.4, 0.5) is 0 Å². The highest BCUT2D eigenvalue weighted by Gasteiger charge is 2.39. The molecule has 1 fully saturated rings. The predicted octanol–water partition coefficient (Wildman–Crippen LogP) is 0.651. The third-order valence-electron chi connectivity index (χ3n) is 3.43. The van der Waals surface area contributed by atoms with Crippen molar-refractivity contribution in [1.29, 1.82) is 0 Å². The molecular formula is C12H22N2O3. The number of aliphatic carboxylic acids is 1. The molecule has 1 aliphatic rings. The first-order chi connectivity index (χ1) is 7.85. The molecule has 1 atom stereocenters. The Morgan fingerprint density at radius 3 is 2.53 bits per heavy atom. The third kappa shape index (κ3) is 3.70. The smallest absolute Gasteiger partial charge is 0.310 e. The molecule has 1 saturated heterocycles. The van der Waals surface area contributed by atoms with E-state index in [9.17, 15) is 9.59 Å². The van der Waals surface area contributed by atoms with Gasteiger partial charge in [0.1, 0.15) is 0 Å². The molecule has 98 valence electrons. The van der Waals surface area contributed by atoms with Gasteiger partial charge in [0.2, 0.25) is 5.91 Å². The minimum Gasteiger partial charge on any atom is -0.481 e. The van der Waals surface area contributed by atoms with Crippen LogP contribution in [0, 0.1) is 5.41 Å². The minimum absolute atomic E-state index is 0.130. The van der Waals surface area contributed by atoms with Crippen LogP contribution in [0.15, 0.2) is 0 Å².